The second-order valence-corrected chi connectivity index (χ2v) is 8.15. The molecule has 0 spiro atoms. The highest BCUT2D eigenvalue weighted by molar-refractivity contribution is 5.94. The largest absolute Gasteiger partial charge is 0.472 e. The molecule has 150 valence electrons. The zero-order chi connectivity index (χ0) is 18.9. The topological polar surface area (TPSA) is 91.4 Å². The van der Waals surface area contributed by atoms with Crippen LogP contribution in [-0.4, -0.2) is 52.4 Å². The molecule has 4 atom stereocenters. The van der Waals surface area contributed by atoms with Gasteiger partial charge in [0.05, 0.1) is 36.8 Å². The first-order valence-electron chi connectivity index (χ1n) is 10.2. The van der Waals surface area contributed by atoms with Gasteiger partial charge in [-0.2, -0.15) is 0 Å². The van der Waals surface area contributed by atoms with Crippen LogP contribution in [0.5, 0.6) is 0 Å². The van der Waals surface area contributed by atoms with Crippen LogP contribution in [0.1, 0.15) is 54.2 Å². The minimum atomic E-state index is -0.178. The Kier molecular flexibility index (Phi) is 4.90. The molecule has 8 heteroatoms. The lowest BCUT2D eigenvalue weighted by Crippen LogP contribution is -2.44. The Hall–Kier alpha value is -2.19. The molecule has 3 fully saturated rings. The molecule has 2 aliphatic heterocycles. The fourth-order valence-electron chi connectivity index (χ4n) is 4.73. The minimum Gasteiger partial charge on any atom is -0.472 e. The first-order chi connectivity index (χ1) is 13.8. The van der Waals surface area contributed by atoms with Gasteiger partial charge in [0.15, 0.2) is 0 Å². The van der Waals surface area contributed by atoms with E-state index in [1.54, 1.807) is 6.07 Å². The molecule has 2 aromatic heterocycles. The number of carbonyl (C=O) groups excluding carboxylic acids is 1. The summed E-state index contributed by atoms with van der Waals surface area (Å²) < 4.78 is 18.8. The average Bonchev–Trinajstić information content (AvgIpc) is 3.49. The standard InChI is InChI=1S/C20H26N4O4/c25-20(14-6-7-26-10-14)21-16-11-27-19-17(12-28-18(16)19)24-9-15(22-23-24)8-13-4-2-1-3-5-13/h6-7,9-10,13,16-19H,1-5,8,11-12H2,(H,21,25)/t16-,17?,18+,19+/m0/s1. The van der Waals surface area contributed by atoms with Crippen LogP contribution in [-0.2, 0) is 15.9 Å². The zero-order valence-corrected chi connectivity index (χ0v) is 15.8. The Bertz CT molecular complexity index is 799. The maximum absolute atomic E-state index is 12.3. The van der Waals surface area contributed by atoms with Crippen molar-refractivity contribution in [1.82, 2.24) is 20.3 Å². The van der Waals surface area contributed by atoms with Crippen molar-refractivity contribution in [3.63, 3.8) is 0 Å². The molecule has 0 bridgehead atoms. The van der Waals surface area contributed by atoms with Crippen LogP contribution in [0, 0.1) is 5.92 Å². The van der Waals surface area contributed by atoms with Gasteiger partial charge in [-0.25, -0.2) is 4.68 Å². The van der Waals surface area contributed by atoms with Gasteiger partial charge >= 0.3 is 0 Å². The lowest BCUT2D eigenvalue weighted by molar-refractivity contribution is 0.0613. The molecule has 5 rings (SSSR count). The fraction of sp³-hybridized carbons (Fsp3) is 0.650. The molecule has 4 heterocycles. The van der Waals surface area contributed by atoms with Gasteiger partial charge in [-0.3, -0.25) is 4.79 Å². The summed E-state index contributed by atoms with van der Waals surface area (Å²) in [4.78, 5) is 12.3. The summed E-state index contributed by atoms with van der Waals surface area (Å²) in [6.45, 7) is 0.943. The molecule has 1 aliphatic carbocycles. The third-order valence-electron chi connectivity index (χ3n) is 6.25. The number of hydrogen-bond donors (Lipinski definition) is 1. The number of fused-ring (bicyclic) bond motifs is 1. The molecule has 0 radical (unpaired) electrons. The number of nitrogens with zero attached hydrogens (tertiary/aromatic N) is 3. The zero-order valence-electron chi connectivity index (χ0n) is 15.8. The molecule has 8 nitrogen and oxygen atoms in total. The molecule has 1 unspecified atom stereocenters. The Labute approximate surface area is 163 Å². The Balaban J connectivity index is 1.21. The van der Waals surface area contributed by atoms with Gasteiger partial charge < -0.3 is 19.2 Å². The number of rotatable bonds is 5. The number of furan rings is 1. The molecule has 2 aromatic rings. The summed E-state index contributed by atoms with van der Waals surface area (Å²) in [5.74, 6) is 0.558. The van der Waals surface area contributed by atoms with Crippen molar-refractivity contribution in [2.24, 2.45) is 5.92 Å². The van der Waals surface area contributed by atoms with E-state index in [9.17, 15) is 4.79 Å². The lowest BCUT2D eigenvalue weighted by Gasteiger charge is -2.20. The van der Waals surface area contributed by atoms with Crippen molar-refractivity contribution in [3.8, 4) is 0 Å². The van der Waals surface area contributed by atoms with Crippen molar-refractivity contribution in [2.75, 3.05) is 13.2 Å². The molecule has 28 heavy (non-hydrogen) atoms. The number of ether oxygens (including phenoxy) is 2. The van der Waals surface area contributed by atoms with Crippen molar-refractivity contribution in [2.45, 2.75) is 62.8 Å². The van der Waals surface area contributed by atoms with Crippen LogP contribution in [0.25, 0.3) is 0 Å². The van der Waals surface area contributed by atoms with Gasteiger partial charge in [-0.1, -0.05) is 37.3 Å². The van der Waals surface area contributed by atoms with E-state index in [0.717, 1.165) is 18.0 Å². The van der Waals surface area contributed by atoms with E-state index in [0.29, 0.717) is 18.8 Å². The summed E-state index contributed by atoms with van der Waals surface area (Å²) >= 11 is 0. The van der Waals surface area contributed by atoms with Gasteiger partial charge in [0, 0.05) is 6.20 Å². The van der Waals surface area contributed by atoms with Crippen molar-refractivity contribution >= 4 is 5.91 Å². The summed E-state index contributed by atoms with van der Waals surface area (Å²) in [5, 5.41) is 11.7. The third-order valence-corrected chi connectivity index (χ3v) is 6.25. The summed E-state index contributed by atoms with van der Waals surface area (Å²) in [7, 11) is 0. The summed E-state index contributed by atoms with van der Waals surface area (Å²) in [6.07, 6.45) is 12.3. The second-order valence-electron chi connectivity index (χ2n) is 8.15. The molecule has 1 saturated carbocycles. The minimum absolute atomic E-state index is 0.00608. The maximum Gasteiger partial charge on any atom is 0.254 e. The fourth-order valence-corrected chi connectivity index (χ4v) is 4.73. The van der Waals surface area contributed by atoms with Crippen LogP contribution in [0.4, 0.5) is 0 Å². The summed E-state index contributed by atoms with van der Waals surface area (Å²) in [6, 6.07) is 1.46. The van der Waals surface area contributed by atoms with E-state index in [1.807, 2.05) is 10.9 Å². The van der Waals surface area contributed by atoms with Crippen molar-refractivity contribution < 1.29 is 18.7 Å². The highest BCUT2D eigenvalue weighted by Crippen LogP contribution is 2.34. The number of hydrogen-bond acceptors (Lipinski definition) is 6. The number of carbonyl (C=O) groups is 1. The summed E-state index contributed by atoms with van der Waals surface area (Å²) in [5.41, 5.74) is 1.56. The first-order valence-corrected chi connectivity index (χ1v) is 10.2. The lowest BCUT2D eigenvalue weighted by atomic mass is 9.86. The second kappa shape index (κ2) is 7.67. The molecule has 1 amide bonds. The van der Waals surface area contributed by atoms with Crippen LogP contribution in [0.3, 0.4) is 0 Å². The van der Waals surface area contributed by atoms with E-state index >= 15 is 0 Å². The van der Waals surface area contributed by atoms with E-state index in [2.05, 4.69) is 15.6 Å². The molecular weight excluding hydrogens is 360 g/mol. The Morgan fingerprint density at radius 1 is 1.18 bits per heavy atom. The smallest absolute Gasteiger partial charge is 0.254 e. The van der Waals surface area contributed by atoms with Crippen molar-refractivity contribution in [1.29, 1.82) is 0 Å². The van der Waals surface area contributed by atoms with Gasteiger partial charge in [0.1, 0.15) is 24.5 Å². The van der Waals surface area contributed by atoms with E-state index in [1.165, 1.54) is 44.6 Å². The van der Waals surface area contributed by atoms with Gasteiger partial charge in [-0.05, 0) is 18.4 Å². The quantitative estimate of drug-likeness (QED) is 0.846. The van der Waals surface area contributed by atoms with Crippen molar-refractivity contribution in [3.05, 3.63) is 36.0 Å². The molecule has 2 saturated heterocycles. The molecule has 1 N–H and O–H groups in total. The Morgan fingerprint density at radius 3 is 2.86 bits per heavy atom. The molecule has 3 aliphatic rings. The first kappa shape index (κ1) is 17.9. The van der Waals surface area contributed by atoms with Crippen LogP contribution < -0.4 is 5.32 Å². The predicted molar refractivity (Wildman–Crippen MR) is 98.8 cm³/mol. The number of aromatic nitrogens is 3. The van der Waals surface area contributed by atoms with Crippen LogP contribution in [0.15, 0.2) is 29.2 Å². The maximum atomic E-state index is 12.3. The van der Waals surface area contributed by atoms with E-state index < -0.39 is 0 Å². The SMILES string of the molecule is O=C(N[C@H]1CO[C@@H]2C(n3cc(CC4CCCCC4)nn3)CO[C@H]12)c1ccoc1. The molecular formula is C20H26N4O4. The molecule has 0 aromatic carbocycles. The highest BCUT2D eigenvalue weighted by Gasteiger charge is 2.49. The van der Waals surface area contributed by atoms with Gasteiger partial charge in [0.25, 0.3) is 5.91 Å². The van der Waals surface area contributed by atoms with Crippen LogP contribution in [0.2, 0.25) is 0 Å². The van der Waals surface area contributed by atoms with Gasteiger partial charge in [-0.15, -0.1) is 5.10 Å². The predicted octanol–water partition coefficient (Wildman–Crippen LogP) is 2.13. The third kappa shape index (κ3) is 3.46. The van der Waals surface area contributed by atoms with E-state index in [4.69, 9.17) is 13.9 Å². The van der Waals surface area contributed by atoms with Gasteiger partial charge in [0.2, 0.25) is 0 Å². The Morgan fingerprint density at radius 2 is 2.04 bits per heavy atom. The number of nitrogens with one attached hydrogen (secondary N) is 1. The van der Waals surface area contributed by atoms with Crippen LogP contribution >= 0.6 is 0 Å². The average molecular weight is 386 g/mol. The highest BCUT2D eigenvalue weighted by atomic mass is 16.6. The number of amides is 1. The van der Waals surface area contributed by atoms with E-state index in [-0.39, 0.29) is 30.2 Å². The normalized spacial score (nSPS) is 30.4. The monoisotopic (exact) mass is 386 g/mol.